The molecule has 1 aromatic heterocycles. The molecule has 1 aliphatic rings. The van der Waals surface area contributed by atoms with Gasteiger partial charge < -0.3 is 10.0 Å². The Balaban J connectivity index is 1.67. The third kappa shape index (κ3) is 3.02. The molecule has 0 bridgehead atoms. The Morgan fingerprint density at radius 2 is 2.00 bits per heavy atom. The summed E-state index contributed by atoms with van der Waals surface area (Å²) >= 11 is 0. The maximum Gasteiger partial charge on any atom is 0.338 e. The van der Waals surface area contributed by atoms with Crippen molar-refractivity contribution in [2.75, 3.05) is 13.1 Å². The maximum absolute atomic E-state index is 13.6. The smallest absolute Gasteiger partial charge is 0.338 e. The molecular formula is C17H18FN3O3. The number of carbonyl (C=O) groups is 2. The van der Waals surface area contributed by atoms with Gasteiger partial charge >= 0.3 is 5.97 Å². The molecule has 1 saturated heterocycles. The summed E-state index contributed by atoms with van der Waals surface area (Å²) in [5.41, 5.74) is 0.910. The van der Waals surface area contributed by atoms with Gasteiger partial charge in [-0.1, -0.05) is 6.07 Å². The van der Waals surface area contributed by atoms with Crippen LogP contribution < -0.4 is 0 Å². The number of aromatic carboxylic acids is 1. The van der Waals surface area contributed by atoms with Gasteiger partial charge in [0.05, 0.1) is 17.8 Å². The molecule has 3 rings (SSSR count). The number of hydrogen-bond acceptors (Lipinski definition) is 3. The van der Waals surface area contributed by atoms with Crippen molar-refractivity contribution in [3.05, 3.63) is 53.1 Å². The van der Waals surface area contributed by atoms with E-state index in [0.717, 1.165) is 0 Å². The van der Waals surface area contributed by atoms with E-state index in [1.165, 1.54) is 18.5 Å². The van der Waals surface area contributed by atoms with Gasteiger partial charge in [0.2, 0.25) is 0 Å². The number of piperidine rings is 1. The van der Waals surface area contributed by atoms with Crippen LogP contribution in [0.5, 0.6) is 0 Å². The van der Waals surface area contributed by atoms with E-state index in [4.69, 9.17) is 5.11 Å². The zero-order valence-electron chi connectivity index (χ0n) is 13.3. The van der Waals surface area contributed by atoms with Crippen molar-refractivity contribution in [2.45, 2.75) is 25.8 Å². The molecule has 1 aromatic carbocycles. The van der Waals surface area contributed by atoms with Crippen LogP contribution in [-0.2, 0) is 0 Å². The standard InChI is InChI=1S/C17H18FN3O3/c1-11-14(3-2-4-15(11)18)16(22)20-7-5-13(6-8-20)21-10-12(9-19-21)17(23)24/h2-4,9-10,13H,5-8H2,1H3,(H,23,24). The lowest BCUT2D eigenvalue weighted by Crippen LogP contribution is -2.39. The number of hydrogen-bond donors (Lipinski definition) is 1. The van der Waals surface area contributed by atoms with Gasteiger partial charge in [-0.25, -0.2) is 9.18 Å². The van der Waals surface area contributed by atoms with Crippen LogP contribution in [0.25, 0.3) is 0 Å². The second-order valence-electron chi connectivity index (χ2n) is 5.95. The first kappa shape index (κ1) is 16.2. The Morgan fingerprint density at radius 1 is 1.29 bits per heavy atom. The largest absolute Gasteiger partial charge is 0.478 e. The Hall–Kier alpha value is -2.70. The summed E-state index contributed by atoms with van der Waals surface area (Å²) < 4.78 is 15.3. The highest BCUT2D eigenvalue weighted by molar-refractivity contribution is 5.95. The Bertz CT molecular complexity index is 779. The highest BCUT2D eigenvalue weighted by Crippen LogP contribution is 2.24. The lowest BCUT2D eigenvalue weighted by Gasteiger charge is -2.32. The van der Waals surface area contributed by atoms with Crippen LogP contribution in [0.2, 0.25) is 0 Å². The first-order valence-electron chi connectivity index (χ1n) is 7.79. The summed E-state index contributed by atoms with van der Waals surface area (Å²) in [5, 5.41) is 13.0. The minimum atomic E-state index is -1.00. The van der Waals surface area contributed by atoms with E-state index in [1.807, 2.05) is 0 Å². The number of benzene rings is 1. The summed E-state index contributed by atoms with van der Waals surface area (Å²) in [6, 6.07) is 4.59. The summed E-state index contributed by atoms with van der Waals surface area (Å²) in [6.45, 7) is 2.66. The number of carboxylic acid groups (broad SMARTS) is 1. The molecule has 126 valence electrons. The van der Waals surface area contributed by atoms with Crippen LogP contribution in [0.3, 0.4) is 0 Å². The van der Waals surface area contributed by atoms with Crippen molar-refractivity contribution in [3.63, 3.8) is 0 Å². The van der Waals surface area contributed by atoms with Gasteiger partial charge in [-0.05, 0) is 37.5 Å². The molecule has 2 aromatic rings. The molecule has 2 heterocycles. The van der Waals surface area contributed by atoms with Crippen molar-refractivity contribution in [3.8, 4) is 0 Å². The molecule has 24 heavy (non-hydrogen) atoms. The fourth-order valence-electron chi connectivity index (χ4n) is 2.99. The lowest BCUT2D eigenvalue weighted by atomic mass is 10.0. The molecule has 1 aliphatic heterocycles. The Morgan fingerprint density at radius 3 is 2.62 bits per heavy atom. The third-order valence-corrected chi connectivity index (χ3v) is 4.47. The summed E-state index contributed by atoms with van der Waals surface area (Å²) in [4.78, 5) is 25.2. The van der Waals surface area contributed by atoms with Crippen molar-refractivity contribution in [1.82, 2.24) is 14.7 Å². The third-order valence-electron chi connectivity index (χ3n) is 4.47. The maximum atomic E-state index is 13.6. The predicted molar refractivity (Wildman–Crippen MR) is 84.5 cm³/mol. The van der Waals surface area contributed by atoms with Crippen LogP contribution >= 0.6 is 0 Å². The molecule has 6 nitrogen and oxygen atoms in total. The zero-order chi connectivity index (χ0) is 17.3. The van der Waals surface area contributed by atoms with Gasteiger partial charge in [-0.3, -0.25) is 9.48 Å². The molecule has 1 amide bonds. The SMILES string of the molecule is Cc1c(F)cccc1C(=O)N1CCC(n2cc(C(=O)O)cn2)CC1. The number of carboxylic acids is 1. The summed E-state index contributed by atoms with van der Waals surface area (Å²) in [5.74, 6) is -1.55. The Labute approximate surface area is 138 Å². The van der Waals surface area contributed by atoms with E-state index < -0.39 is 5.97 Å². The van der Waals surface area contributed by atoms with Gasteiger partial charge in [0, 0.05) is 24.8 Å². The molecule has 0 saturated carbocycles. The molecule has 0 aliphatic carbocycles. The molecule has 0 atom stereocenters. The average molecular weight is 331 g/mol. The second-order valence-corrected chi connectivity index (χ2v) is 5.95. The lowest BCUT2D eigenvalue weighted by molar-refractivity contribution is 0.0687. The quantitative estimate of drug-likeness (QED) is 0.938. The fraction of sp³-hybridized carbons (Fsp3) is 0.353. The molecule has 7 heteroatoms. The van der Waals surface area contributed by atoms with E-state index in [0.29, 0.717) is 37.1 Å². The molecular weight excluding hydrogens is 313 g/mol. The highest BCUT2D eigenvalue weighted by atomic mass is 19.1. The minimum Gasteiger partial charge on any atom is -0.478 e. The number of likely N-dealkylation sites (tertiary alicyclic amines) is 1. The molecule has 0 radical (unpaired) electrons. The first-order chi connectivity index (χ1) is 11.5. The molecule has 1 N–H and O–H groups in total. The van der Waals surface area contributed by atoms with Gasteiger partial charge in [-0.15, -0.1) is 0 Å². The van der Waals surface area contributed by atoms with Crippen molar-refractivity contribution < 1.29 is 19.1 Å². The van der Waals surface area contributed by atoms with E-state index in [2.05, 4.69) is 5.10 Å². The van der Waals surface area contributed by atoms with Gasteiger partial charge in [0.1, 0.15) is 5.82 Å². The minimum absolute atomic E-state index is 0.0655. The van der Waals surface area contributed by atoms with E-state index in [9.17, 15) is 14.0 Å². The normalized spacial score (nSPS) is 15.5. The van der Waals surface area contributed by atoms with Gasteiger partial charge in [0.15, 0.2) is 0 Å². The number of rotatable bonds is 3. The van der Waals surface area contributed by atoms with Crippen LogP contribution in [0.1, 0.15) is 45.2 Å². The number of halogens is 1. The number of nitrogens with zero attached hydrogens (tertiary/aromatic N) is 3. The van der Waals surface area contributed by atoms with E-state index in [1.54, 1.807) is 28.6 Å². The monoisotopic (exact) mass is 331 g/mol. The Kier molecular flexibility index (Phi) is 4.33. The van der Waals surface area contributed by atoms with Crippen LogP contribution in [0.4, 0.5) is 4.39 Å². The summed E-state index contributed by atoms with van der Waals surface area (Å²) in [6.07, 6.45) is 4.21. The zero-order valence-corrected chi connectivity index (χ0v) is 13.3. The number of amides is 1. The molecule has 1 fully saturated rings. The molecule has 0 unspecified atom stereocenters. The average Bonchev–Trinajstić information content (AvgIpc) is 3.07. The second kappa shape index (κ2) is 6.43. The van der Waals surface area contributed by atoms with E-state index in [-0.39, 0.29) is 23.3 Å². The van der Waals surface area contributed by atoms with Gasteiger partial charge in [-0.2, -0.15) is 5.10 Å². The van der Waals surface area contributed by atoms with Crippen molar-refractivity contribution >= 4 is 11.9 Å². The topological polar surface area (TPSA) is 75.4 Å². The van der Waals surface area contributed by atoms with Crippen molar-refractivity contribution in [1.29, 1.82) is 0 Å². The van der Waals surface area contributed by atoms with Gasteiger partial charge in [0.25, 0.3) is 5.91 Å². The number of aromatic nitrogens is 2. The number of carbonyl (C=O) groups excluding carboxylic acids is 1. The van der Waals surface area contributed by atoms with Crippen LogP contribution in [-0.4, -0.2) is 44.8 Å². The van der Waals surface area contributed by atoms with Crippen LogP contribution in [0.15, 0.2) is 30.6 Å². The summed E-state index contributed by atoms with van der Waals surface area (Å²) in [7, 11) is 0. The fourth-order valence-corrected chi connectivity index (χ4v) is 2.99. The predicted octanol–water partition coefficient (Wildman–Crippen LogP) is 2.51. The molecule has 0 spiro atoms. The first-order valence-corrected chi connectivity index (χ1v) is 7.79. The highest BCUT2D eigenvalue weighted by Gasteiger charge is 2.26. The van der Waals surface area contributed by atoms with Crippen molar-refractivity contribution in [2.24, 2.45) is 0 Å². The van der Waals surface area contributed by atoms with Crippen LogP contribution in [0, 0.1) is 12.7 Å². The van der Waals surface area contributed by atoms with E-state index >= 15 is 0 Å².